The van der Waals surface area contributed by atoms with Gasteiger partial charge in [-0.05, 0) is 50.9 Å². The second-order valence-electron chi connectivity index (χ2n) is 7.32. The second kappa shape index (κ2) is 8.54. The Morgan fingerprint density at radius 1 is 1.18 bits per heavy atom. The molecule has 0 aromatic rings. The first-order valence-electron chi connectivity index (χ1n) is 8.77. The largest absolute Gasteiger partial charge is 0.461 e. The summed E-state index contributed by atoms with van der Waals surface area (Å²) < 4.78 is 5.29. The molecule has 0 aliphatic heterocycles. The Kier molecular flexibility index (Phi) is 7.37. The predicted octanol–water partition coefficient (Wildman–Crippen LogP) is 3.54. The van der Waals surface area contributed by atoms with E-state index in [4.69, 9.17) is 4.74 Å². The minimum absolute atomic E-state index is 0.0128. The number of hydrogen-bond donors (Lipinski definition) is 1. The van der Waals surface area contributed by atoms with Gasteiger partial charge in [-0.25, -0.2) is 4.79 Å². The molecule has 1 saturated carbocycles. The molecule has 1 aliphatic carbocycles. The first-order chi connectivity index (χ1) is 10.3. The molecule has 0 radical (unpaired) electrons. The normalized spacial score (nSPS) is 28.0. The lowest BCUT2D eigenvalue weighted by molar-refractivity contribution is -0.152. The van der Waals surface area contributed by atoms with E-state index in [0.29, 0.717) is 17.8 Å². The number of carbonyl (C=O) groups is 2. The van der Waals surface area contributed by atoms with Gasteiger partial charge in [-0.3, -0.25) is 4.79 Å². The third-order valence-electron chi connectivity index (χ3n) is 4.96. The van der Waals surface area contributed by atoms with Crippen LogP contribution in [0.25, 0.3) is 0 Å². The van der Waals surface area contributed by atoms with Gasteiger partial charge in [-0.2, -0.15) is 0 Å². The van der Waals surface area contributed by atoms with Gasteiger partial charge in [0.05, 0.1) is 6.10 Å². The molecule has 4 nitrogen and oxygen atoms in total. The van der Waals surface area contributed by atoms with Gasteiger partial charge >= 0.3 is 5.97 Å². The van der Waals surface area contributed by atoms with Crippen LogP contribution in [0, 0.1) is 23.7 Å². The molecule has 128 valence electrons. The van der Waals surface area contributed by atoms with Crippen LogP contribution in [-0.4, -0.2) is 24.0 Å². The maximum atomic E-state index is 12.6. The van der Waals surface area contributed by atoms with E-state index in [1.807, 2.05) is 13.8 Å². The summed E-state index contributed by atoms with van der Waals surface area (Å²) in [5, 5.41) is 2.87. The lowest BCUT2D eigenvalue weighted by Gasteiger charge is -2.36. The highest BCUT2D eigenvalue weighted by Crippen LogP contribution is 2.38. The SMILES string of the molecule is CCC(C)OC(=O)C(C)NC(=O)[C@@H]1C[C@H](C)CC[C@H]1C(C)C. The van der Waals surface area contributed by atoms with Crippen LogP contribution < -0.4 is 5.32 Å². The Labute approximate surface area is 135 Å². The fourth-order valence-corrected chi connectivity index (χ4v) is 3.27. The number of rotatable bonds is 6. The molecule has 1 fully saturated rings. The number of carbonyl (C=O) groups excluding carboxylic acids is 2. The molecule has 0 saturated heterocycles. The van der Waals surface area contributed by atoms with Gasteiger partial charge in [0.1, 0.15) is 6.04 Å². The molecule has 0 aromatic carbocycles. The van der Waals surface area contributed by atoms with E-state index in [1.54, 1.807) is 6.92 Å². The summed E-state index contributed by atoms with van der Waals surface area (Å²) in [4.78, 5) is 24.6. The van der Waals surface area contributed by atoms with Gasteiger partial charge in [0.15, 0.2) is 0 Å². The van der Waals surface area contributed by atoms with Crippen molar-refractivity contribution in [3.05, 3.63) is 0 Å². The first-order valence-corrected chi connectivity index (χ1v) is 8.77. The Balaban J connectivity index is 2.63. The Hall–Kier alpha value is -1.06. The zero-order valence-corrected chi connectivity index (χ0v) is 15.0. The number of esters is 1. The summed E-state index contributed by atoms with van der Waals surface area (Å²) in [5.74, 6) is 1.17. The molecule has 0 bridgehead atoms. The molecule has 1 N–H and O–H groups in total. The highest BCUT2D eigenvalue weighted by Gasteiger charge is 2.36. The van der Waals surface area contributed by atoms with E-state index >= 15 is 0 Å². The maximum absolute atomic E-state index is 12.6. The molecule has 1 aliphatic rings. The number of hydrogen-bond acceptors (Lipinski definition) is 3. The zero-order chi connectivity index (χ0) is 16.9. The molecular weight excluding hydrogens is 278 g/mol. The van der Waals surface area contributed by atoms with Crippen molar-refractivity contribution in [3.8, 4) is 0 Å². The van der Waals surface area contributed by atoms with E-state index < -0.39 is 6.04 Å². The molecule has 1 rings (SSSR count). The van der Waals surface area contributed by atoms with E-state index in [-0.39, 0.29) is 23.9 Å². The second-order valence-corrected chi connectivity index (χ2v) is 7.32. The highest BCUT2D eigenvalue weighted by molar-refractivity contribution is 5.85. The van der Waals surface area contributed by atoms with Gasteiger partial charge in [-0.15, -0.1) is 0 Å². The highest BCUT2D eigenvalue weighted by atomic mass is 16.5. The van der Waals surface area contributed by atoms with Gasteiger partial charge in [0, 0.05) is 5.92 Å². The average molecular weight is 311 g/mol. The van der Waals surface area contributed by atoms with Crippen LogP contribution in [0.4, 0.5) is 0 Å². The third kappa shape index (κ3) is 5.29. The Bertz CT molecular complexity index is 381. The van der Waals surface area contributed by atoms with Crippen molar-refractivity contribution in [2.75, 3.05) is 0 Å². The van der Waals surface area contributed by atoms with Gasteiger partial charge in [0.2, 0.25) is 5.91 Å². The molecule has 2 unspecified atom stereocenters. The number of nitrogens with one attached hydrogen (secondary N) is 1. The molecule has 1 amide bonds. The van der Waals surface area contributed by atoms with Crippen molar-refractivity contribution >= 4 is 11.9 Å². The van der Waals surface area contributed by atoms with Crippen LogP contribution in [0.1, 0.15) is 67.2 Å². The first kappa shape index (κ1) is 19.0. The standard InChI is InChI=1S/C18H33NO3/c1-7-13(5)22-18(21)14(6)19-17(20)16-10-12(4)8-9-15(16)11(2)3/h11-16H,7-10H2,1-6H3,(H,19,20)/t12-,13?,14?,15+,16-/m1/s1. The quantitative estimate of drug-likeness (QED) is 0.763. The van der Waals surface area contributed by atoms with Crippen molar-refractivity contribution < 1.29 is 14.3 Å². The van der Waals surface area contributed by atoms with Crippen LogP contribution in [0.3, 0.4) is 0 Å². The minimum atomic E-state index is -0.577. The van der Waals surface area contributed by atoms with Gasteiger partial charge < -0.3 is 10.1 Å². The molecule has 0 aromatic heterocycles. The summed E-state index contributed by atoms with van der Waals surface area (Å²) in [6, 6.07) is -0.577. The van der Waals surface area contributed by atoms with E-state index in [2.05, 4.69) is 26.1 Å². The van der Waals surface area contributed by atoms with Crippen molar-refractivity contribution in [2.24, 2.45) is 23.7 Å². The maximum Gasteiger partial charge on any atom is 0.328 e. The van der Waals surface area contributed by atoms with Crippen LogP contribution >= 0.6 is 0 Å². The molecule has 0 heterocycles. The lowest BCUT2D eigenvalue weighted by atomic mass is 9.69. The Morgan fingerprint density at radius 3 is 2.36 bits per heavy atom. The van der Waals surface area contributed by atoms with Crippen LogP contribution in [0.2, 0.25) is 0 Å². The topological polar surface area (TPSA) is 55.4 Å². The number of ether oxygens (including phenoxy) is 1. The molecule has 22 heavy (non-hydrogen) atoms. The third-order valence-corrected chi connectivity index (χ3v) is 4.96. The minimum Gasteiger partial charge on any atom is -0.461 e. The van der Waals surface area contributed by atoms with Crippen LogP contribution in [0.15, 0.2) is 0 Å². The predicted molar refractivity (Wildman–Crippen MR) is 88.3 cm³/mol. The molecule has 0 spiro atoms. The van der Waals surface area contributed by atoms with Crippen LogP contribution in [0.5, 0.6) is 0 Å². The summed E-state index contributed by atoms with van der Waals surface area (Å²) in [7, 11) is 0. The van der Waals surface area contributed by atoms with E-state index in [9.17, 15) is 9.59 Å². The van der Waals surface area contributed by atoms with Gasteiger partial charge in [-0.1, -0.05) is 34.1 Å². The molecule has 5 atom stereocenters. The summed E-state index contributed by atoms with van der Waals surface area (Å²) in [6.45, 7) is 12.1. The smallest absolute Gasteiger partial charge is 0.328 e. The lowest BCUT2D eigenvalue weighted by Crippen LogP contribution is -2.46. The van der Waals surface area contributed by atoms with Crippen LogP contribution in [-0.2, 0) is 14.3 Å². The fourth-order valence-electron chi connectivity index (χ4n) is 3.27. The monoisotopic (exact) mass is 311 g/mol. The van der Waals surface area contributed by atoms with Crippen molar-refractivity contribution in [1.82, 2.24) is 5.32 Å². The average Bonchev–Trinajstić information content (AvgIpc) is 2.46. The fraction of sp³-hybridized carbons (Fsp3) is 0.889. The van der Waals surface area contributed by atoms with Crippen molar-refractivity contribution in [2.45, 2.75) is 79.4 Å². The molecule has 4 heteroatoms. The van der Waals surface area contributed by atoms with Crippen molar-refractivity contribution in [1.29, 1.82) is 0 Å². The van der Waals surface area contributed by atoms with E-state index in [1.165, 1.54) is 6.42 Å². The van der Waals surface area contributed by atoms with Crippen molar-refractivity contribution in [3.63, 3.8) is 0 Å². The summed E-state index contributed by atoms with van der Waals surface area (Å²) in [6.07, 6.45) is 3.88. The van der Waals surface area contributed by atoms with Gasteiger partial charge in [0.25, 0.3) is 0 Å². The number of amides is 1. The zero-order valence-electron chi connectivity index (χ0n) is 15.0. The Morgan fingerprint density at radius 2 is 1.82 bits per heavy atom. The van der Waals surface area contributed by atoms with E-state index in [0.717, 1.165) is 19.3 Å². The molecular formula is C18H33NO3. The summed E-state index contributed by atoms with van der Waals surface area (Å²) in [5.41, 5.74) is 0. The summed E-state index contributed by atoms with van der Waals surface area (Å²) >= 11 is 0.